The fraction of sp³-hybridized carbons (Fsp3) is 1.00. The Labute approximate surface area is 93.2 Å². The minimum absolute atomic E-state index is 0. The SMILES string of the molecule is CC1CN(C2CNC2)C(C)CN1C.Cl. The number of rotatable bonds is 1. The first-order valence-electron chi connectivity index (χ1n) is 5.35. The topological polar surface area (TPSA) is 18.5 Å². The van der Waals surface area contributed by atoms with Crippen molar-refractivity contribution in [3.05, 3.63) is 0 Å². The molecule has 84 valence electrons. The highest BCUT2D eigenvalue weighted by molar-refractivity contribution is 5.85. The lowest BCUT2D eigenvalue weighted by molar-refractivity contribution is 0.0116. The van der Waals surface area contributed by atoms with Crippen LogP contribution in [0.25, 0.3) is 0 Å². The second kappa shape index (κ2) is 4.79. The smallest absolute Gasteiger partial charge is 0.0349 e. The summed E-state index contributed by atoms with van der Waals surface area (Å²) in [4.78, 5) is 5.13. The third-order valence-electron chi connectivity index (χ3n) is 3.57. The van der Waals surface area contributed by atoms with E-state index < -0.39 is 0 Å². The van der Waals surface area contributed by atoms with E-state index in [4.69, 9.17) is 0 Å². The third kappa shape index (κ3) is 2.22. The molecule has 0 spiro atoms. The van der Waals surface area contributed by atoms with Crippen LogP contribution in [0.2, 0.25) is 0 Å². The van der Waals surface area contributed by atoms with Gasteiger partial charge in [0.2, 0.25) is 0 Å². The Morgan fingerprint density at radius 1 is 1.07 bits per heavy atom. The van der Waals surface area contributed by atoms with E-state index in [1.54, 1.807) is 0 Å². The van der Waals surface area contributed by atoms with Gasteiger partial charge in [-0.15, -0.1) is 12.4 Å². The molecular weight excluding hydrogens is 198 g/mol. The van der Waals surface area contributed by atoms with Crippen LogP contribution in [-0.2, 0) is 0 Å². The summed E-state index contributed by atoms with van der Waals surface area (Å²) in [5.74, 6) is 0. The summed E-state index contributed by atoms with van der Waals surface area (Å²) in [6.45, 7) is 9.52. The molecule has 0 radical (unpaired) electrons. The number of piperazine rings is 1. The van der Waals surface area contributed by atoms with Gasteiger partial charge in [-0.25, -0.2) is 0 Å². The normalized spacial score (nSPS) is 36.2. The van der Waals surface area contributed by atoms with Crippen LogP contribution < -0.4 is 5.32 Å². The second-order valence-corrected chi connectivity index (χ2v) is 4.65. The molecule has 0 saturated carbocycles. The van der Waals surface area contributed by atoms with Crippen molar-refractivity contribution in [1.29, 1.82) is 0 Å². The summed E-state index contributed by atoms with van der Waals surface area (Å²) in [6, 6.07) is 2.26. The quantitative estimate of drug-likeness (QED) is 0.689. The summed E-state index contributed by atoms with van der Waals surface area (Å²) in [5, 5.41) is 3.35. The third-order valence-corrected chi connectivity index (χ3v) is 3.57. The zero-order valence-corrected chi connectivity index (χ0v) is 10.2. The first-order valence-corrected chi connectivity index (χ1v) is 5.35. The van der Waals surface area contributed by atoms with Crippen LogP contribution in [0.15, 0.2) is 0 Å². The summed E-state index contributed by atoms with van der Waals surface area (Å²) < 4.78 is 0. The van der Waals surface area contributed by atoms with Gasteiger partial charge in [0.1, 0.15) is 0 Å². The number of likely N-dealkylation sites (N-methyl/N-ethyl adjacent to an activating group) is 1. The molecule has 2 aliphatic heterocycles. The van der Waals surface area contributed by atoms with Crippen molar-refractivity contribution >= 4 is 12.4 Å². The molecule has 4 heteroatoms. The van der Waals surface area contributed by atoms with Crippen LogP contribution in [0.3, 0.4) is 0 Å². The zero-order chi connectivity index (χ0) is 9.42. The molecule has 3 nitrogen and oxygen atoms in total. The lowest BCUT2D eigenvalue weighted by atomic mass is 10.0. The molecule has 2 fully saturated rings. The van der Waals surface area contributed by atoms with Gasteiger partial charge >= 0.3 is 0 Å². The fourth-order valence-corrected chi connectivity index (χ4v) is 2.34. The molecule has 0 amide bonds. The average molecular weight is 220 g/mol. The van der Waals surface area contributed by atoms with Gasteiger partial charge in [-0.3, -0.25) is 4.90 Å². The molecule has 2 aliphatic rings. The van der Waals surface area contributed by atoms with E-state index in [-0.39, 0.29) is 12.4 Å². The van der Waals surface area contributed by atoms with Crippen LogP contribution >= 0.6 is 12.4 Å². The predicted molar refractivity (Wildman–Crippen MR) is 62.2 cm³/mol. The summed E-state index contributed by atoms with van der Waals surface area (Å²) in [5.41, 5.74) is 0. The van der Waals surface area contributed by atoms with Crippen molar-refractivity contribution in [2.75, 3.05) is 33.2 Å². The highest BCUT2D eigenvalue weighted by atomic mass is 35.5. The predicted octanol–water partition coefficient (Wildman–Crippen LogP) is 0.404. The van der Waals surface area contributed by atoms with E-state index in [0.29, 0.717) is 0 Å². The first-order chi connectivity index (χ1) is 6.18. The van der Waals surface area contributed by atoms with Gasteiger partial charge in [0.25, 0.3) is 0 Å². The van der Waals surface area contributed by atoms with Gasteiger partial charge in [0.05, 0.1) is 0 Å². The molecular formula is C10H22ClN3. The van der Waals surface area contributed by atoms with Crippen molar-refractivity contribution in [3.63, 3.8) is 0 Å². The van der Waals surface area contributed by atoms with Crippen LogP contribution in [0.1, 0.15) is 13.8 Å². The monoisotopic (exact) mass is 219 g/mol. The number of halogens is 1. The van der Waals surface area contributed by atoms with E-state index in [9.17, 15) is 0 Å². The van der Waals surface area contributed by atoms with Crippen LogP contribution in [0.4, 0.5) is 0 Å². The second-order valence-electron chi connectivity index (χ2n) is 4.65. The lowest BCUT2D eigenvalue weighted by Gasteiger charge is -2.49. The first kappa shape index (κ1) is 12.2. The Morgan fingerprint density at radius 3 is 2.21 bits per heavy atom. The van der Waals surface area contributed by atoms with Gasteiger partial charge < -0.3 is 10.2 Å². The van der Waals surface area contributed by atoms with Crippen LogP contribution in [0, 0.1) is 0 Å². The van der Waals surface area contributed by atoms with Crippen molar-refractivity contribution in [3.8, 4) is 0 Å². The van der Waals surface area contributed by atoms with Crippen LogP contribution in [-0.4, -0.2) is 61.2 Å². The number of hydrogen-bond donors (Lipinski definition) is 1. The molecule has 0 bridgehead atoms. The Kier molecular flexibility index (Phi) is 4.19. The largest absolute Gasteiger partial charge is 0.314 e. The summed E-state index contributed by atoms with van der Waals surface area (Å²) >= 11 is 0. The van der Waals surface area contributed by atoms with E-state index in [2.05, 4.69) is 36.0 Å². The van der Waals surface area contributed by atoms with Gasteiger partial charge in [0, 0.05) is 44.3 Å². The maximum absolute atomic E-state index is 3.35. The van der Waals surface area contributed by atoms with Crippen molar-refractivity contribution in [2.45, 2.75) is 32.0 Å². The van der Waals surface area contributed by atoms with E-state index in [1.165, 1.54) is 26.2 Å². The van der Waals surface area contributed by atoms with Gasteiger partial charge in [0.15, 0.2) is 0 Å². The molecule has 1 N–H and O–H groups in total. The molecule has 14 heavy (non-hydrogen) atoms. The summed E-state index contributed by atoms with van der Waals surface area (Å²) in [7, 11) is 2.23. The minimum Gasteiger partial charge on any atom is -0.314 e. The number of nitrogens with one attached hydrogen (secondary N) is 1. The fourth-order valence-electron chi connectivity index (χ4n) is 2.34. The molecule has 0 aromatic heterocycles. The number of nitrogens with zero attached hydrogens (tertiary/aromatic N) is 2. The van der Waals surface area contributed by atoms with Gasteiger partial charge in [-0.1, -0.05) is 0 Å². The maximum Gasteiger partial charge on any atom is 0.0349 e. The average Bonchev–Trinajstić information content (AvgIpc) is 1.96. The molecule has 0 aromatic carbocycles. The molecule has 2 rings (SSSR count). The molecule has 2 unspecified atom stereocenters. The summed E-state index contributed by atoms with van der Waals surface area (Å²) in [6.07, 6.45) is 0. The Morgan fingerprint density at radius 2 is 1.71 bits per heavy atom. The molecule has 2 saturated heterocycles. The Hall–Kier alpha value is 0.170. The minimum atomic E-state index is 0. The Balaban J connectivity index is 0.000000980. The standard InChI is InChI=1S/C10H21N3.ClH/c1-8-7-13(10-4-11-5-10)9(2)6-12(8)3;/h8-11H,4-7H2,1-3H3;1H. The van der Waals surface area contributed by atoms with E-state index in [0.717, 1.165) is 18.1 Å². The molecule has 0 aliphatic carbocycles. The van der Waals surface area contributed by atoms with E-state index in [1.807, 2.05) is 0 Å². The highest BCUT2D eigenvalue weighted by Crippen LogP contribution is 2.17. The maximum atomic E-state index is 3.35. The molecule has 2 heterocycles. The highest BCUT2D eigenvalue weighted by Gasteiger charge is 2.33. The van der Waals surface area contributed by atoms with Crippen molar-refractivity contribution < 1.29 is 0 Å². The Bertz CT molecular complexity index is 184. The van der Waals surface area contributed by atoms with Crippen molar-refractivity contribution in [2.24, 2.45) is 0 Å². The van der Waals surface area contributed by atoms with Crippen molar-refractivity contribution in [1.82, 2.24) is 15.1 Å². The number of hydrogen-bond acceptors (Lipinski definition) is 3. The van der Waals surface area contributed by atoms with E-state index >= 15 is 0 Å². The molecule has 2 atom stereocenters. The van der Waals surface area contributed by atoms with Gasteiger partial charge in [-0.2, -0.15) is 0 Å². The molecule has 0 aromatic rings. The van der Waals surface area contributed by atoms with Crippen LogP contribution in [0.5, 0.6) is 0 Å². The lowest BCUT2D eigenvalue weighted by Crippen LogP contribution is -2.65. The zero-order valence-electron chi connectivity index (χ0n) is 9.36. The van der Waals surface area contributed by atoms with Gasteiger partial charge in [-0.05, 0) is 20.9 Å².